The van der Waals surface area contributed by atoms with E-state index in [0.29, 0.717) is 47.9 Å². The van der Waals surface area contributed by atoms with Gasteiger partial charge in [0.15, 0.2) is 5.65 Å². The fourth-order valence-electron chi connectivity index (χ4n) is 9.53. The van der Waals surface area contributed by atoms with Crippen molar-refractivity contribution < 1.29 is 28.7 Å². The number of nitrogens with one attached hydrogen (secondary N) is 1. The van der Waals surface area contributed by atoms with Gasteiger partial charge in [0.05, 0.1) is 29.1 Å². The van der Waals surface area contributed by atoms with Crippen LogP contribution in [0.1, 0.15) is 65.3 Å². The molecule has 2 aromatic heterocycles. The van der Waals surface area contributed by atoms with Crippen LogP contribution in [0.3, 0.4) is 0 Å². The van der Waals surface area contributed by atoms with Gasteiger partial charge in [0.25, 0.3) is 11.8 Å². The molecule has 4 fully saturated rings. The quantitative estimate of drug-likeness (QED) is 0.215. The summed E-state index contributed by atoms with van der Waals surface area (Å²) in [6.07, 6.45) is 5.26. The van der Waals surface area contributed by atoms with Gasteiger partial charge in [0.1, 0.15) is 35.4 Å². The van der Waals surface area contributed by atoms with E-state index >= 15 is 0 Å². The number of carbonyl (C=O) groups excluding carboxylic acids is 5. The number of carbonyl (C=O) groups is 5. The Kier molecular flexibility index (Phi) is 9.30. The molecule has 5 aliphatic rings. The summed E-state index contributed by atoms with van der Waals surface area (Å²) in [6, 6.07) is 21.5. The van der Waals surface area contributed by atoms with Crippen LogP contribution in [0.4, 0.5) is 11.5 Å². The molecule has 2 atom stereocenters. The Labute approximate surface area is 345 Å². The van der Waals surface area contributed by atoms with Crippen LogP contribution in [0, 0.1) is 5.41 Å². The Morgan fingerprint density at radius 2 is 1.62 bits per heavy atom. The number of likely N-dealkylation sites (tertiary alicyclic amines) is 2. The molecule has 5 aromatic rings. The van der Waals surface area contributed by atoms with Gasteiger partial charge in [-0.25, -0.2) is 14.6 Å². The van der Waals surface area contributed by atoms with Crippen LogP contribution in [0.25, 0.3) is 22.3 Å². The molecule has 7 heterocycles. The maximum absolute atomic E-state index is 13.8. The Balaban J connectivity index is 0.753. The van der Waals surface area contributed by atoms with E-state index in [1.54, 1.807) is 12.1 Å². The van der Waals surface area contributed by atoms with E-state index in [-0.39, 0.29) is 41.3 Å². The second-order valence-corrected chi connectivity index (χ2v) is 16.6. The van der Waals surface area contributed by atoms with Crippen LogP contribution in [0.15, 0.2) is 79.1 Å². The highest BCUT2D eigenvalue weighted by Gasteiger charge is 2.48. The Hall–Kier alpha value is -6.68. The minimum Gasteiger partial charge on any atom is -0.457 e. The second kappa shape index (κ2) is 14.9. The fraction of sp³-hybridized carbons (Fsp3) is 0.364. The number of hydrogen-bond donors (Lipinski definition) is 2. The van der Waals surface area contributed by atoms with E-state index in [9.17, 15) is 24.0 Å². The molecular formula is C44H44N10O6. The zero-order valence-electron chi connectivity index (χ0n) is 33.0. The molecule has 3 N–H and O–H groups in total. The number of imide groups is 2. The number of benzene rings is 3. The summed E-state index contributed by atoms with van der Waals surface area (Å²) in [5.41, 5.74) is 10.2. The second-order valence-electron chi connectivity index (χ2n) is 16.6. The molecule has 4 saturated heterocycles. The third kappa shape index (κ3) is 6.69. The predicted octanol–water partition coefficient (Wildman–Crippen LogP) is 4.03. The van der Waals surface area contributed by atoms with E-state index in [4.69, 9.17) is 15.6 Å². The molecular weight excluding hydrogens is 765 g/mol. The number of aromatic nitrogens is 4. The van der Waals surface area contributed by atoms with Gasteiger partial charge in [-0.1, -0.05) is 18.2 Å². The number of anilines is 2. The summed E-state index contributed by atoms with van der Waals surface area (Å²) in [6.45, 7) is 4.83. The average molecular weight is 809 g/mol. The molecule has 0 radical (unpaired) electrons. The number of fused-ring (bicyclic) bond motifs is 2. The molecule has 1 spiro atoms. The first-order valence-electron chi connectivity index (χ1n) is 20.6. The van der Waals surface area contributed by atoms with Crippen LogP contribution in [-0.2, 0) is 14.4 Å². The Morgan fingerprint density at radius 3 is 2.38 bits per heavy atom. The zero-order valence-corrected chi connectivity index (χ0v) is 33.0. The normalized spacial score (nSPS) is 21.6. The van der Waals surface area contributed by atoms with Crippen LogP contribution >= 0.6 is 0 Å². The molecule has 0 bridgehead atoms. The van der Waals surface area contributed by atoms with Crippen molar-refractivity contribution in [1.29, 1.82) is 0 Å². The maximum Gasteiger partial charge on any atom is 0.262 e. The first kappa shape index (κ1) is 37.6. The molecule has 306 valence electrons. The Morgan fingerprint density at radius 1 is 0.867 bits per heavy atom. The topological polar surface area (TPSA) is 189 Å². The number of nitrogens with zero attached hydrogens (tertiary/aromatic N) is 8. The van der Waals surface area contributed by atoms with Crippen molar-refractivity contribution in [2.24, 2.45) is 5.41 Å². The lowest BCUT2D eigenvalue weighted by molar-refractivity contribution is -0.136. The van der Waals surface area contributed by atoms with Crippen molar-refractivity contribution in [3.63, 3.8) is 0 Å². The minimum atomic E-state index is -0.990. The van der Waals surface area contributed by atoms with E-state index in [0.717, 1.165) is 73.8 Å². The third-order valence-electron chi connectivity index (χ3n) is 12.8. The van der Waals surface area contributed by atoms with Gasteiger partial charge < -0.3 is 20.3 Å². The Bertz CT molecular complexity index is 2540. The van der Waals surface area contributed by atoms with Crippen molar-refractivity contribution in [1.82, 2.24) is 39.8 Å². The smallest absolute Gasteiger partial charge is 0.262 e. The molecule has 0 saturated carbocycles. The first-order chi connectivity index (χ1) is 29.1. The van der Waals surface area contributed by atoms with E-state index < -0.39 is 29.7 Å². The van der Waals surface area contributed by atoms with Gasteiger partial charge in [0, 0.05) is 49.3 Å². The number of amides is 5. The highest BCUT2D eigenvalue weighted by atomic mass is 16.5. The lowest BCUT2D eigenvalue weighted by Gasteiger charge is -2.55. The molecule has 3 aromatic carbocycles. The average Bonchev–Trinajstić information content (AvgIpc) is 3.76. The summed E-state index contributed by atoms with van der Waals surface area (Å²) in [4.78, 5) is 80.8. The number of hydrogen-bond acceptors (Lipinski definition) is 12. The van der Waals surface area contributed by atoms with Crippen molar-refractivity contribution in [3.8, 4) is 22.8 Å². The van der Waals surface area contributed by atoms with Gasteiger partial charge in [-0.05, 0) is 99.8 Å². The molecule has 10 rings (SSSR count). The summed E-state index contributed by atoms with van der Waals surface area (Å²) >= 11 is 0. The molecule has 16 heteroatoms. The predicted molar refractivity (Wildman–Crippen MR) is 220 cm³/mol. The van der Waals surface area contributed by atoms with Gasteiger partial charge in [-0.3, -0.25) is 39.1 Å². The van der Waals surface area contributed by atoms with Gasteiger partial charge >= 0.3 is 0 Å². The maximum atomic E-state index is 13.8. The number of nitrogen functional groups attached to an aromatic ring is 1. The van der Waals surface area contributed by atoms with Gasteiger partial charge in [-0.2, -0.15) is 5.10 Å². The lowest BCUT2D eigenvalue weighted by Crippen LogP contribution is -2.61. The molecule has 0 aliphatic carbocycles. The number of rotatable bonds is 8. The molecule has 1 unspecified atom stereocenters. The third-order valence-corrected chi connectivity index (χ3v) is 12.8. The van der Waals surface area contributed by atoms with E-state index in [1.165, 1.54) is 6.33 Å². The minimum absolute atomic E-state index is 0.0762. The largest absolute Gasteiger partial charge is 0.457 e. The van der Waals surface area contributed by atoms with Gasteiger partial charge in [-0.15, -0.1) is 0 Å². The van der Waals surface area contributed by atoms with Gasteiger partial charge in [0.2, 0.25) is 17.7 Å². The first-order valence-corrected chi connectivity index (χ1v) is 20.6. The van der Waals surface area contributed by atoms with Crippen LogP contribution < -0.4 is 20.7 Å². The summed E-state index contributed by atoms with van der Waals surface area (Å²) in [5, 5.41) is 7.99. The number of para-hydroxylation sites is 1. The molecule has 16 nitrogen and oxygen atoms in total. The van der Waals surface area contributed by atoms with E-state index in [2.05, 4.69) is 25.1 Å². The van der Waals surface area contributed by atoms with Crippen molar-refractivity contribution in [2.75, 3.05) is 56.4 Å². The number of ether oxygens (including phenoxy) is 1. The lowest BCUT2D eigenvalue weighted by atomic mass is 9.71. The monoisotopic (exact) mass is 808 g/mol. The van der Waals surface area contributed by atoms with Crippen molar-refractivity contribution in [2.45, 2.75) is 50.6 Å². The van der Waals surface area contributed by atoms with Crippen molar-refractivity contribution >= 4 is 52.1 Å². The van der Waals surface area contributed by atoms with Crippen LogP contribution in [-0.4, -0.2) is 116 Å². The standard InChI is InChI=1S/C44H44N10O6/c45-39-37-38(27-8-11-31(12-9-27)60-30-6-2-1-3-7-30)49-54(40(37)47-26-46-39)29-5-4-18-51(22-29)36(56)23-50-19-16-44(17-20-50)24-52(25-44)28-10-13-32-33(21-28)43(59)53(42(32)58)34-14-15-35(55)48-41(34)57/h1-3,6-13,21,26,29,34H,4-5,14-20,22-25H2,(H2,45,46,47)(H,48,55,57)/t29-,34?/m1/s1. The van der Waals surface area contributed by atoms with E-state index in [1.807, 2.05) is 70.2 Å². The summed E-state index contributed by atoms with van der Waals surface area (Å²) < 4.78 is 7.92. The molecule has 5 aliphatic heterocycles. The molecule has 5 amide bonds. The number of nitrogens with two attached hydrogens (primary N) is 1. The fourth-order valence-corrected chi connectivity index (χ4v) is 9.53. The number of piperidine rings is 3. The highest BCUT2D eigenvalue weighted by molar-refractivity contribution is 6.23. The SMILES string of the molecule is Nc1ncnc2c1c(-c1ccc(Oc3ccccc3)cc1)nn2[C@@H]1CCCN(C(=O)CN2CCC3(CC2)CN(c2ccc4c(c2)C(=O)N(C2CCC(=O)NC2=O)C4=O)C3)C1. The van der Waals surface area contributed by atoms with Crippen LogP contribution in [0.5, 0.6) is 11.5 Å². The van der Waals surface area contributed by atoms with Crippen LogP contribution in [0.2, 0.25) is 0 Å². The highest BCUT2D eigenvalue weighted by Crippen LogP contribution is 2.44. The zero-order chi connectivity index (χ0) is 41.1. The van der Waals surface area contributed by atoms with Crippen molar-refractivity contribution in [3.05, 3.63) is 90.3 Å². The summed E-state index contributed by atoms with van der Waals surface area (Å²) in [5.74, 6) is -0.117. The molecule has 60 heavy (non-hydrogen) atoms. The summed E-state index contributed by atoms with van der Waals surface area (Å²) in [7, 11) is 0.